The van der Waals surface area contributed by atoms with Crippen molar-refractivity contribution in [2.24, 2.45) is 0 Å². The van der Waals surface area contributed by atoms with E-state index in [1.54, 1.807) is 12.3 Å². The highest BCUT2D eigenvalue weighted by Crippen LogP contribution is 2.35. The number of hydrogen-bond acceptors (Lipinski definition) is 4. The summed E-state index contributed by atoms with van der Waals surface area (Å²) in [6, 6.07) is 28.7. The zero-order valence-electron chi connectivity index (χ0n) is 19.4. The average molecular weight is 472 g/mol. The molecule has 0 bridgehead atoms. The Morgan fingerprint density at radius 1 is 0.833 bits per heavy atom. The molecule has 0 fully saturated rings. The number of benzene rings is 3. The van der Waals surface area contributed by atoms with Gasteiger partial charge in [-0.25, -0.2) is 4.98 Å². The molecule has 0 saturated carbocycles. The third-order valence-corrected chi connectivity index (χ3v) is 6.24. The lowest BCUT2D eigenvalue weighted by Crippen LogP contribution is -2.27. The van der Waals surface area contributed by atoms with Crippen molar-refractivity contribution in [3.05, 3.63) is 113 Å². The van der Waals surface area contributed by atoms with Crippen LogP contribution in [0.1, 0.15) is 10.5 Å². The third kappa shape index (κ3) is 3.45. The number of fused-ring (bicyclic) bond motifs is 2. The number of aromatic amines is 1. The van der Waals surface area contributed by atoms with Crippen molar-refractivity contribution in [1.82, 2.24) is 24.9 Å². The number of carbonyl (C=O) groups excluding carboxylic acids is 1. The van der Waals surface area contributed by atoms with Gasteiger partial charge in [-0.1, -0.05) is 72.8 Å². The average Bonchev–Trinajstić information content (AvgIpc) is 3.33. The minimum atomic E-state index is -0.433. The number of rotatable bonds is 4. The molecule has 0 unspecified atom stereocenters. The number of amides is 1. The monoisotopic (exact) mass is 471 g/mol. The normalized spacial score (nSPS) is 11.1. The number of nitrogens with one attached hydrogen (secondary N) is 2. The van der Waals surface area contributed by atoms with Crippen LogP contribution in [0.2, 0.25) is 0 Å². The van der Waals surface area contributed by atoms with Crippen molar-refractivity contribution in [1.29, 1.82) is 0 Å². The van der Waals surface area contributed by atoms with Gasteiger partial charge in [0.2, 0.25) is 0 Å². The molecule has 0 spiro atoms. The molecule has 0 atom stereocenters. The van der Waals surface area contributed by atoms with Gasteiger partial charge >= 0.3 is 0 Å². The standard InChI is InChI=1S/C29H21N5O2/c1-30-28(35)26-24(21-14-15-22-20(17-21)13-8-16-31-22)29(36)34-27(32-26)23(18-9-4-2-5-10-18)25(33-34)19-11-6-3-7-12-19/h2-17,33H,1H3,(H,30,35). The van der Waals surface area contributed by atoms with Crippen LogP contribution in [0.4, 0.5) is 0 Å². The maximum atomic E-state index is 14.0. The van der Waals surface area contributed by atoms with E-state index >= 15 is 0 Å². The molecular formula is C29H21N5O2. The van der Waals surface area contributed by atoms with E-state index in [4.69, 9.17) is 4.98 Å². The molecule has 0 aliphatic heterocycles. The second-order valence-corrected chi connectivity index (χ2v) is 8.38. The van der Waals surface area contributed by atoms with Crippen LogP contribution in [0.3, 0.4) is 0 Å². The molecule has 7 nitrogen and oxygen atoms in total. The maximum Gasteiger partial charge on any atom is 0.281 e. The number of hydrogen-bond donors (Lipinski definition) is 2. The molecule has 7 heteroatoms. The molecule has 0 saturated heterocycles. The van der Waals surface area contributed by atoms with Gasteiger partial charge in [-0.3, -0.25) is 19.7 Å². The van der Waals surface area contributed by atoms with Crippen molar-refractivity contribution in [2.75, 3.05) is 7.05 Å². The zero-order chi connectivity index (χ0) is 24.6. The number of H-pyrrole nitrogens is 1. The summed E-state index contributed by atoms with van der Waals surface area (Å²) < 4.78 is 1.43. The molecule has 6 aromatic rings. The lowest BCUT2D eigenvalue weighted by molar-refractivity contribution is 0.0959. The maximum absolute atomic E-state index is 14.0. The molecule has 0 aliphatic rings. The molecule has 6 rings (SSSR count). The SMILES string of the molecule is CNC(=O)c1nc2c(-c3ccccc3)c(-c3ccccc3)[nH]n2c(=O)c1-c1ccc2ncccc2c1. The third-order valence-electron chi connectivity index (χ3n) is 6.24. The first-order chi connectivity index (χ1) is 17.7. The molecule has 3 aromatic carbocycles. The Balaban J connectivity index is 1.72. The Bertz CT molecular complexity index is 1810. The summed E-state index contributed by atoms with van der Waals surface area (Å²) in [6.45, 7) is 0. The first-order valence-electron chi connectivity index (χ1n) is 11.5. The summed E-state index contributed by atoms with van der Waals surface area (Å²) in [5.41, 5.74) is 4.99. The number of carbonyl (C=O) groups is 1. The molecule has 0 aliphatic carbocycles. The molecule has 36 heavy (non-hydrogen) atoms. The first-order valence-corrected chi connectivity index (χ1v) is 11.5. The Labute approximate surface area is 206 Å². The van der Waals surface area contributed by atoms with Crippen LogP contribution >= 0.6 is 0 Å². The highest BCUT2D eigenvalue weighted by atomic mass is 16.2. The minimum absolute atomic E-state index is 0.0709. The van der Waals surface area contributed by atoms with Crippen LogP contribution in [0, 0.1) is 0 Å². The molecule has 174 valence electrons. The lowest BCUT2D eigenvalue weighted by Gasteiger charge is -2.10. The molecule has 2 N–H and O–H groups in total. The Hall–Kier alpha value is -5.04. The summed E-state index contributed by atoms with van der Waals surface area (Å²) in [5, 5.41) is 6.79. The minimum Gasteiger partial charge on any atom is -0.354 e. The van der Waals surface area contributed by atoms with Gasteiger partial charge in [0.25, 0.3) is 11.5 Å². The van der Waals surface area contributed by atoms with Crippen molar-refractivity contribution < 1.29 is 4.79 Å². The summed E-state index contributed by atoms with van der Waals surface area (Å²) in [5.74, 6) is -0.433. The van der Waals surface area contributed by atoms with Gasteiger partial charge in [-0.15, -0.1) is 0 Å². The van der Waals surface area contributed by atoms with E-state index in [-0.39, 0.29) is 16.8 Å². The molecule has 3 aromatic heterocycles. The predicted molar refractivity (Wildman–Crippen MR) is 141 cm³/mol. The van der Waals surface area contributed by atoms with Crippen LogP contribution in [0.15, 0.2) is 102 Å². The summed E-state index contributed by atoms with van der Waals surface area (Å²) in [6.07, 6.45) is 1.72. The van der Waals surface area contributed by atoms with Crippen molar-refractivity contribution in [3.63, 3.8) is 0 Å². The van der Waals surface area contributed by atoms with E-state index in [0.717, 1.165) is 33.3 Å². The second kappa shape index (κ2) is 8.63. The fourth-order valence-electron chi connectivity index (χ4n) is 4.54. The Kier molecular flexibility index (Phi) is 5.15. The van der Waals surface area contributed by atoms with Gasteiger partial charge < -0.3 is 5.32 Å². The fraction of sp³-hybridized carbons (Fsp3) is 0.0345. The largest absolute Gasteiger partial charge is 0.354 e. The van der Waals surface area contributed by atoms with Crippen LogP contribution in [0.25, 0.3) is 50.1 Å². The number of pyridine rings is 1. The lowest BCUT2D eigenvalue weighted by atomic mass is 10.00. The first kappa shape index (κ1) is 21.5. The molecular weight excluding hydrogens is 450 g/mol. The smallest absolute Gasteiger partial charge is 0.281 e. The van der Waals surface area contributed by atoms with Crippen LogP contribution in [-0.4, -0.2) is 32.5 Å². The van der Waals surface area contributed by atoms with E-state index in [0.29, 0.717) is 11.2 Å². The summed E-state index contributed by atoms with van der Waals surface area (Å²) >= 11 is 0. The van der Waals surface area contributed by atoms with Gasteiger partial charge in [-0.05, 0) is 29.3 Å². The van der Waals surface area contributed by atoms with Crippen LogP contribution < -0.4 is 10.9 Å². The topological polar surface area (TPSA) is 92.1 Å². The van der Waals surface area contributed by atoms with Crippen molar-refractivity contribution in [3.8, 4) is 33.5 Å². The Morgan fingerprint density at radius 3 is 2.28 bits per heavy atom. The van der Waals surface area contributed by atoms with Crippen molar-refractivity contribution in [2.45, 2.75) is 0 Å². The van der Waals surface area contributed by atoms with E-state index in [2.05, 4.69) is 15.4 Å². The van der Waals surface area contributed by atoms with E-state index < -0.39 is 5.91 Å². The summed E-state index contributed by atoms with van der Waals surface area (Å²) in [7, 11) is 1.53. The Morgan fingerprint density at radius 2 is 1.56 bits per heavy atom. The van der Waals surface area contributed by atoms with Gasteiger partial charge in [0.15, 0.2) is 5.65 Å². The molecule has 1 amide bonds. The van der Waals surface area contributed by atoms with Gasteiger partial charge in [-0.2, -0.15) is 4.52 Å². The van der Waals surface area contributed by atoms with Gasteiger partial charge in [0.05, 0.1) is 22.3 Å². The number of aromatic nitrogens is 4. The second-order valence-electron chi connectivity index (χ2n) is 8.38. The number of nitrogens with zero attached hydrogens (tertiary/aromatic N) is 3. The van der Waals surface area contributed by atoms with E-state index in [1.165, 1.54) is 11.6 Å². The predicted octanol–water partition coefficient (Wildman–Crippen LogP) is 4.93. The van der Waals surface area contributed by atoms with Crippen molar-refractivity contribution >= 4 is 22.5 Å². The van der Waals surface area contributed by atoms with Crippen LogP contribution in [-0.2, 0) is 0 Å². The fourth-order valence-corrected chi connectivity index (χ4v) is 4.54. The van der Waals surface area contributed by atoms with Gasteiger partial charge in [0.1, 0.15) is 5.69 Å². The van der Waals surface area contributed by atoms with Gasteiger partial charge in [0, 0.05) is 24.2 Å². The molecule has 0 radical (unpaired) electrons. The zero-order valence-corrected chi connectivity index (χ0v) is 19.4. The highest BCUT2D eigenvalue weighted by Gasteiger charge is 2.25. The molecule has 3 heterocycles. The van der Waals surface area contributed by atoms with E-state index in [1.807, 2.05) is 84.9 Å². The van der Waals surface area contributed by atoms with Crippen LogP contribution in [0.5, 0.6) is 0 Å². The summed E-state index contributed by atoms with van der Waals surface area (Å²) in [4.78, 5) is 36.2. The highest BCUT2D eigenvalue weighted by molar-refractivity contribution is 6.01. The quantitative estimate of drug-likeness (QED) is 0.381. The van der Waals surface area contributed by atoms with E-state index in [9.17, 15) is 9.59 Å².